The zero-order valence-corrected chi connectivity index (χ0v) is 23.2. The Labute approximate surface area is 247 Å². The number of methoxy groups -OCH3 is 1. The van der Waals surface area contributed by atoms with E-state index < -0.39 is 36.3 Å². The van der Waals surface area contributed by atoms with Crippen molar-refractivity contribution in [2.24, 2.45) is 0 Å². The Kier molecular flexibility index (Phi) is 7.30. The molecule has 0 amide bonds. The molecule has 0 saturated heterocycles. The molecular formula is C30H24F5N3O6. The Balaban J connectivity index is 1.30. The maximum Gasteiger partial charge on any atom is 0.586 e. The number of halogens is 5. The van der Waals surface area contributed by atoms with E-state index in [2.05, 4.69) is 19.6 Å². The third kappa shape index (κ3) is 5.71. The number of carbonyl (C=O) groups excluding carboxylic acids is 1. The molecule has 9 nitrogen and oxygen atoms in total. The van der Waals surface area contributed by atoms with E-state index in [1.165, 1.54) is 60.5 Å². The van der Waals surface area contributed by atoms with Crippen molar-refractivity contribution in [1.82, 2.24) is 14.8 Å². The first kappa shape index (κ1) is 29.2. The largest absolute Gasteiger partial charge is 0.586 e. The summed E-state index contributed by atoms with van der Waals surface area (Å²) in [5.74, 6) is -0.396. The Morgan fingerprint density at radius 2 is 1.82 bits per heavy atom. The summed E-state index contributed by atoms with van der Waals surface area (Å²) in [5, 5.41) is 3.97. The maximum atomic E-state index is 14.1. The highest BCUT2D eigenvalue weighted by Gasteiger charge is 2.44. The molecule has 4 aromatic rings. The van der Waals surface area contributed by atoms with Crippen molar-refractivity contribution in [2.45, 2.75) is 50.9 Å². The predicted molar refractivity (Wildman–Crippen MR) is 142 cm³/mol. The fraction of sp³-hybridized carbons (Fsp3) is 0.300. The SMILES string of the molecule is COC(=O)c1ccc(O[C@H]2CCCc3c(C(F)(F)F)nn(-c4ccnc(O[C@@H](C)c5ccc6c(c5)OC(F)(F)O6)c4)c32)cc1. The minimum Gasteiger partial charge on any atom is -0.484 e. The van der Waals surface area contributed by atoms with Crippen molar-refractivity contribution in [2.75, 3.05) is 7.11 Å². The second kappa shape index (κ2) is 11.0. The summed E-state index contributed by atoms with van der Waals surface area (Å²) in [6, 6.07) is 13.2. The number of benzene rings is 2. The van der Waals surface area contributed by atoms with Gasteiger partial charge < -0.3 is 23.7 Å². The first-order chi connectivity index (χ1) is 20.9. The lowest BCUT2D eigenvalue weighted by molar-refractivity contribution is -0.286. The average molecular weight is 618 g/mol. The van der Waals surface area contributed by atoms with Crippen LogP contribution in [0.1, 0.15) is 64.8 Å². The van der Waals surface area contributed by atoms with Crippen LogP contribution >= 0.6 is 0 Å². The van der Waals surface area contributed by atoms with Crippen molar-refractivity contribution < 1.29 is 50.4 Å². The Bertz CT molecular complexity index is 1710. The van der Waals surface area contributed by atoms with Gasteiger partial charge in [-0.25, -0.2) is 14.5 Å². The summed E-state index contributed by atoms with van der Waals surface area (Å²) in [4.78, 5) is 16.0. The molecular weight excluding hydrogens is 593 g/mol. The average Bonchev–Trinajstić information content (AvgIpc) is 3.54. The van der Waals surface area contributed by atoms with Gasteiger partial charge in [0.25, 0.3) is 0 Å². The molecule has 0 radical (unpaired) electrons. The van der Waals surface area contributed by atoms with Crippen molar-refractivity contribution in [1.29, 1.82) is 0 Å². The summed E-state index contributed by atoms with van der Waals surface area (Å²) in [6.07, 6.45) is -7.59. The number of pyridine rings is 1. The molecule has 14 heteroatoms. The van der Waals surface area contributed by atoms with E-state index in [-0.39, 0.29) is 40.7 Å². The molecule has 1 aliphatic carbocycles. The van der Waals surface area contributed by atoms with Crippen molar-refractivity contribution in [3.63, 3.8) is 0 Å². The third-order valence-electron chi connectivity index (χ3n) is 7.20. The van der Waals surface area contributed by atoms with Crippen molar-refractivity contribution in [3.8, 4) is 28.8 Å². The van der Waals surface area contributed by atoms with Crippen LogP contribution in [0.5, 0.6) is 23.1 Å². The van der Waals surface area contributed by atoms with E-state index in [0.29, 0.717) is 29.7 Å². The van der Waals surface area contributed by atoms with Crippen molar-refractivity contribution >= 4 is 5.97 Å². The fourth-order valence-electron chi connectivity index (χ4n) is 5.20. The number of alkyl halides is 5. The van der Waals surface area contributed by atoms with Gasteiger partial charge >= 0.3 is 18.4 Å². The molecule has 0 unspecified atom stereocenters. The topological polar surface area (TPSA) is 93.9 Å². The van der Waals surface area contributed by atoms with Gasteiger partial charge in [0.2, 0.25) is 5.88 Å². The number of esters is 1. The van der Waals surface area contributed by atoms with E-state index in [0.717, 1.165) is 0 Å². The quantitative estimate of drug-likeness (QED) is 0.162. The second-order valence-electron chi connectivity index (χ2n) is 10.1. The van der Waals surface area contributed by atoms with E-state index >= 15 is 0 Å². The summed E-state index contributed by atoms with van der Waals surface area (Å²) in [6.45, 7) is 1.65. The molecule has 6 rings (SSSR count). The normalized spacial score (nSPS) is 17.5. The van der Waals surface area contributed by atoms with Crippen LogP contribution in [0.15, 0.2) is 60.8 Å². The van der Waals surface area contributed by atoms with Crippen LogP contribution in [0.4, 0.5) is 22.0 Å². The molecule has 1 aliphatic heterocycles. The molecule has 2 aliphatic rings. The van der Waals surface area contributed by atoms with Gasteiger partial charge in [-0.05, 0) is 74.2 Å². The zero-order chi connectivity index (χ0) is 31.2. The molecule has 0 N–H and O–H groups in total. The van der Waals surface area contributed by atoms with Gasteiger partial charge in [-0.3, -0.25) is 0 Å². The van der Waals surface area contributed by atoms with Gasteiger partial charge in [-0.2, -0.15) is 18.3 Å². The smallest absolute Gasteiger partial charge is 0.484 e. The van der Waals surface area contributed by atoms with Crippen LogP contribution in [0.2, 0.25) is 0 Å². The van der Waals surface area contributed by atoms with Gasteiger partial charge in [0.15, 0.2) is 17.2 Å². The Morgan fingerprint density at radius 3 is 2.55 bits per heavy atom. The van der Waals surface area contributed by atoms with Gasteiger partial charge in [0.1, 0.15) is 18.0 Å². The predicted octanol–water partition coefficient (Wildman–Crippen LogP) is 6.99. The monoisotopic (exact) mass is 617 g/mol. The van der Waals surface area contributed by atoms with Gasteiger partial charge in [-0.1, -0.05) is 6.07 Å². The zero-order valence-electron chi connectivity index (χ0n) is 23.2. The molecule has 0 saturated carbocycles. The van der Waals surface area contributed by atoms with E-state index in [4.69, 9.17) is 14.2 Å². The Hall–Kier alpha value is -4.88. The molecule has 2 aromatic heterocycles. The molecule has 2 aromatic carbocycles. The number of nitrogens with zero attached hydrogens (tertiary/aromatic N) is 3. The number of ether oxygens (including phenoxy) is 5. The van der Waals surface area contributed by atoms with Crippen LogP contribution in [0.3, 0.4) is 0 Å². The van der Waals surface area contributed by atoms with Crippen LogP contribution < -0.4 is 18.9 Å². The Morgan fingerprint density at radius 1 is 1.07 bits per heavy atom. The third-order valence-corrected chi connectivity index (χ3v) is 7.20. The minimum absolute atomic E-state index is 0.0322. The van der Waals surface area contributed by atoms with Crippen LogP contribution in [0.25, 0.3) is 5.69 Å². The second-order valence-corrected chi connectivity index (χ2v) is 10.1. The highest BCUT2D eigenvalue weighted by molar-refractivity contribution is 5.89. The fourth-order valence-corrected chi connectivity index (χ4v) is 5.20. The summed E-state index contributed by atoms with van der Waals surface area (Å²) < 4.78 is 96.1. The minimum atomic E-state index is -4.71. The molecule has 2 atom stereocenters. The molecule has 0 spiro atoms. The number of fused-ring (bicyclic) bond motifs is 2. The lowest BCUT2D eigenvalue weighted by Gasteiger charge is -2.26. The lowest BCUT2D eigenvalue weighted by atomic mass is 9.93. The summed E-state index contributed by atoms with van der Waals surface area (Å²) in [5.41, 5.74) is 0.278. The van der Waals surface area contributed by atoms with E-state index in [9.17, 15) is 26.7 Å². The molecule has 0 fully saturated rings. The summed E-state index contributed by atoms with van der Waals surface area (Å²) in [7, 11) is 1.26. The maximum absolute atomic E-state index is 14.1. The standard InChI is InChI=1S/C30H24F5N3O6/c1-16(18-8-11-22-24(14-18)44-30(34,35)43-22)41-25-15-19(12-13-36-25)38-26-21(27(37-38)29(31,32)33)4-3-5-23(26)42-20-9-6-17(7-10-20)28(39)40-2/h6-16,23H,3-5H2,1-2H3/t16-,23-/m0/s1. The number of hydrogen-bond donors (Lipinski definition) is 0. The first-order valence-corrected chi connectivity index (χ1v) is 13.5. The summed E-state index contributed by atoms with van der Waals surface area (Å²) >= 11 is 0. The van der Waals surface area contributed by atoms with Gasteiger partial charge in [0.05, 0.1) is 24.1 Å². The highest BCUT2D eigenvalue weighted by atomic mass is 19.4. The van der Waals surface area contributed by atoms with Crippen LogP contribution in [-0.4, -0.2) is 34.1 Å². The van der Waals surface area contributed by atoms with Gasteiger partial charge in [-0.15, -0.1) is 8.78 Å². The van der Waals surface area contributed by atoms with Crippen LogP contribution in [-0.2, 0) is 17.3 Å². The highest BCUT2D eigenvalue weighted by Crippen LogP contribution is 2.44. The molecule has 3 heterocycles. The number of hydrogen-bond acceptors (Lipinski definition) is 8. The van der Waals surface area contributed by atoms with E-state index in [1.54, 1.807) is 19.1 Å². The lowest BCUT2D eigenvalue weighted by Crippen LogP contribution is -2.25. The number of aromatic nitrogens is 3. The molecule has 44 heavy (non-hydrogen) atoms. The van der Waals surface area contributed by atoms with E-state index in [1.807, 2.05) is 0 Å². The van der Waals surface area contributed by atoms with Crippen molar-refractivity contribution in [3.05, 3.63) is 88.9 Å². The number of carbonyl (C=O) groups is 1. The number of rotatable bonds is 7. The molecule has 230 valence electrons. The van der Waals surface area contributed by atoms with Gasteiger partial charge in [0, 0.05) is 17.8 Å². The van der Waals surface area contributed by atoms with Crippen LogP contribution in [0, 0.1) is 0 Å². The first-order valence-electron chi connectivity index (χ1n) is 13.5. The molecule has 0 bridgehead atoms.